The Morgan fingerprint density at radius 1 is 1.04 bits per heavy atom. The maximum Gasteiger partial charge on any atom is 0.378 e. The van der Waals surface area contributed by atoms with Gasteiger partial charge in [0, 0.05) is 19.2 Å². The van der Waals surface area contributed by atoms with Crippen molar-refractivity contribution in [2.24, 2.45) is 0 Å². The number of nitrogens with zero attached hydrogens (tertiary/aromatic N) is 3. The zero-order chi connectivity index (χ0) is 19.8. The number of amides is 1. The van der Waals surface area contributed by atoms with Crippen molar-refractivity contribution in [1.29, 1.82) is 0 Å². The molecule has 0 fully saturated rings. The normalized spacial score (nSPS) is 10.5. The summed E-state index contributed by atoms with van der Waals surface area (Å²) in [5.74, 6) is -0.805. The van der Waals surface area contributed by atoms with Gasteiger partial charge in [0.2, 0.25) is 0 Å². The van der Waals surface area contributed by atoms with E-state index in [0.717, 1.165) is 11.3 Å². The van der Waals surface area contributed by atoms with Crippen LogP contribution >= 0.6 is 0 Å². The number of methoxy groups -OCH3 is 1. The van der Waals surface area contributed by atoms with Crippen molar-refractivity contribution >= 4 is 11.9 Å². The lowest BCUT2D eigenvalue weighted by molar-refractivity contribution is -0.124. The minimum absolute atomic E-state index is 0.118. The molecule has 28 heavy (non-hydrogen) atoms. The summed E-state index contributed by atoms with van der Waals surface area (Å²) >= 11 is 0. The fraction of sp³-hybridized carbons (Fsp3) is 0.200. The number of nitrogens with one attached hydrogen (secondary N) is 1. The number of benzene rings is 2. The predicted octanol–water partition coefficient (Wildman–Crippen LogP) is 1.85. The molecular weight excluding hydrogens is 360 g/mol. The van der Waals surface area contributed by atoms with Gasteiger partial charge in [-0.3, -0.25) is 4.79 Å². The third-order valence-electron chi connectivity index (χ3n) is 3.79. The van der Waals surface area contributed by atoms with Crippen LogP contribution in [-0.2, 0) is 14.3 Å². The van der Waals surface area contributed by atoms with Gasteiger partial charge in [-0.2, -0.15) is 0 Å². The molecule has 0 bridgehead atoms. The van der Waals surface area contributed by atoms with E-state index in [-0.39, 0.29) is 5.82 Å². The molecule has 1 N–H and O–H groups in total. The van der Waals surface area contributed by atoms with Gasteiger partial charge < -0.3 is 14.8 Å². The number of rotatable bonds is 8. The summed E-state index contributed by atoms with van der Waals surface area (Å²) in [5.41, 5.74) is 1.56. The number of esters is 1. The molecule has 0 radical (unpaired) electrons. The first-order valence-electron chi connectivity index (χ1n) is 8.69. The van der Waals surface area contributed by atoms with E-state index in [1.807, 2.05) is 60.7 Å². The fourth-order valence-corrected chi connectivity index (χ4v) is 2.46. The SMILES string of the molecule is COCCNC(=O)COC(=O)c1nc(-c2ccccc2)n(-c2ccccc2)n1. The molecule has 0 unspecified atom stereocenters. The molecule has 8 heteroatoms. The molecule has 0 saturated carbocycles. The molecule has 3 aromatic rings. The second-order valence-electron chi connectivity index (χ2n) is 5.79. The Morgan fingerprint density at radius 2 is 1.71 bits per heavy atom. The molecule has 1 amide bonds. The highest BCUT2D eigenvalue weighted by atomic mass is 16.5. The van der Waals surface area contributed by atoms with Crippen LogP contribution in [0.4, 0.5) is 0 Å². The van der Waals surface area contributed by atoms with E-state index in [1.165, 1.54) is 7.11 Å². The van der Waals surface area contributed by atoms with E-state index in [1.54, 1.807) is 4.68 Å². The number of hydrogen-bond donors (Lipinski definition) is 1. The quantitative estimate of drug-likeness (QED) is 0.473. The summed E-state index contributed by atoms with van der Waals surface area (Å²) in [6, 6.07) is 18.7. The average molecular weight is 380 g/mol. The molecule has 144 valence electrons. The Labute approximate surface area is 162 Å². The molecule has 0 aliphatic carbocycles. The second-order valence-corrected chi connectivity index (χ2v) is 5.79. The molecule has 0 spiro atoms. The highest BCUT2D eigenvalue weighted by molar-refractivity contribution is 5.88. The minimum Gasteiger partial charge on any atom is -0.450 e. The Morgan fingerprint density at radius 3 is 2.39 bits per heavy atom. The first-order chi connectivity index (χ1) is 13.7. The van der Waals surface area contributed by atoms with Crippen LogP contribution in [0.2, 0.25) is 0 Å². The lowest BCUT2D eigenvalue weighted by Crippen LogP contribution is -2.31. The Balaban J connectivity index is 1.79. The van der Waals surface area contributed by atoms with Crippen LogP contribution in [0.1, 0.15) is 10.6 Å². The van der Waals surface area contributed by atoms with Gasteiger partial charge in [-0.25, -0.2) is 14.5 Å². The molecule has 1 aromatic heterocycles. The van der Waals surface area contributed by atoms with Gasteiger partial charge in [0.05, 0.1) is 12.3 Å². The van der Waals surface area contributed by atoms with Gasteiger partial charge >= 0.3 is 5.97 Å². The second kappa shape index (κ2) is 9.43. The third-order valence-corrected chi connectivity index (χ3v) is 3.79. The molecule has 3 rings (SSSR count). The van der Waals surface area contributed by atoms with Gasteiger partial charge in [0.1, 0.15) is 0 Å². The Bertz CT molecular complexity index is 869. The van der Waals surface area contributed by atoms with Crippen LogP contribution < -0.4 is 5.32 Å². The average Bonchev–Trinajstić information content (AvgIpc) is 3.19. The topological polar surface area (TPSA) is 95.3 Å². The van der Waals surface area contributed by atoms with Gasteiger partial charge in [0.25, 0.3) is 11.7 Å². The largest absolute Gasteiger partial charge is 0.450 e. The summed E-state index contributed by atoms with van der Waals surface area (Å²) in [6.45, 7) is 0.304. The zero-order valence-corrected chi connectivity index (χ0v) is 15.4. The van der Waals surface area contributed by atoms with Gasteiger partial charge in [-0.1, -0.05) is 48.5 Å². The summed E-state index contributed by atoms with van der Waals surface area (Å²) < 4.78 is 11.4. The first-order valence-corrected chi connectivity index (χ1v) is 8.69. The Hall–Kier alpha value is -3.52. The smallest absolute Gasteiger partial charge is 0.378 e. The van der Waals surface area contributed by atoms with Crippen molar-refractivity contribution < 1.29 is 19.1 Å². The van der Waals surface area contributed by atoms with E-state index in [0.29, 0.717) is 19.0 Å². The van der Waals surface area contributed by atoms with E-state index >= 15 is 0 Å². The van der Waals surface area contributed by atoms with Crippen LogP contribution in [0.15, 0.2) is 60.7 Å². The van der Waals surface area contributed by atoms with Crippen molar-refractivity contribution in [1.82, 2.24) is 20.1 Å². The van der Waals surface area contributed by atoms with Gasteiger partial charge in [-0.05, 0) is 12.1 Å². The van der Waals surface area contributed by atoms with Gasteiger partial charge in [-0.15, -0.1) is 5.10 Å². The number of hydrogen-bond acceptors (Lipinski definition) is 6. The van der Waals surface area contributed by atoms with Crippen LogP contribution in [0.5, 0.6) is 0 Å². The van der Waals surface area contributed by atoms with Crippen molar-refractivity contribution in [3.05, 3.63) is 66.5 Å². The van der Waals surface area contributed by atoms with E-state index < -0.39 is 18.5 Å². The highest BCUT2D eigenvalue weighted by Gasteiger charge is 2.20. The lowest BCUT2D eigenvalue weighted by atomic mass is 10.2. The minimum atomic E-state index is -0.770. The Kier molecular flexibility index (Phi) is 6.48. The maximum atomic E-state index is 12.3. The summed E-state index contributed by atoms with van der Waals surface area (Å²) in [4.78, 5) is 28.4. The van der Waals surface area contributed by atoms with E-state index in [4.69, 9.17) is 9.47 Å². The third kappa shape index (κ3) is 4.80. The molecule has 0 aliphatic rings. The fourth-order valence-electron chi connectivity index (χ4n) is 2.46. The molecule has 2 aromatic carbocycles. The van der Waals surface area contributed by atoms with Crippen LogP contribution in [-0.4, -0.2) is 53.5 Å². The number of carbonyl (C=O) groups is 2. The number of para-hydroxylation sites is 1. The first kappa shape index (κ1) is 19.2. The van der Waals surface area contributed by atoms with Crippen LogP contribution in [0, 0.1) is 0 Å². The van der Waals surface area contributed by atoms with Crippen LogP contribution in [0.25, 0.3) is 17.1 Å². The van der Waals surface area contributed by atoms with Crippen molar-refractivity contribution in [3.8, 4) is 17.1 Å². The molecular formula is C20H20N4O4. The van der Waals surface area contributed by atoms with E-state index in [9.17, 15) is 9.59 Å². The summed E-state index contributed by atoms with van der Waals surface area (Å²) in [7, 11) is 1.53. The maximum absolute atomic E-state index is 12.3. The van der Waals surface area contributed by atoms with Crippen molar-refractivity contribution in [2.75, 3.05) is 26.9 Å². The van der Waals surface area contributed by atoms with Crippen LogP contribution in [0.3, 0.4) is 0 Å². The monoisotopic (exact) mass is 380 g/mol. The summed E-state index contributed by atoms with van der Waals surface area (Å²) in [6.07, 6.45) is 0. The number of aromatic nitrogens is 3. The molecule has 0 saturated heterocycles. The van der Waals surface area contributed by atoms with E-state index in [2.05, 4.69) is 15.4 Å². The standard InChI is InChI=1S/C20H20N4O4/c1-27-13-12-21-17(25)14-28-20(26)18-22-19(15-8-4-2-5-9-15)24(23-18)16-10-6-3-7-11-16/h2-11H,12-14H2,1H3,(H,21,25). The lowest BCUT2D eigenvalue weighted by Gasteiger charge is -2.05. The molecule has 8 nitrogen and oxygen atoms in total. The zero-order valence-electron chi connectivity index (χ0n) is 15.4. The van der Waals surface area contributed by atoms with Gasteiger partial charge in [0.15, 0.2) is 12.4 Å². The number of ether oxygens (including phenoxy) is 2. The number of carbonyl (C=O) groups excluding carboxylic acids is 2. The summed E-state index contributed by atoms with van der Waals surface area (Å²) in [5, 5.41) is 6.86. The molecule has 0 aliphatic heterocycles. The van der Waals surface area contributed by atoms with Crippen molar-refractivity contribution in [2.45, 2.75) is 0 Å². The predicted molar refractivity (Wildman–Crippen MR) is 102 cm³/mol. The molecule has 1 heterocycles. The van der Waals surface area contributed by atoms with Crippen molar-refractivity contribution in [3.63, 3.8) is 0 Å². The molecule has 0 atom stereocenters. The highest BCUT2D eigenvalue weighted by Crippen LogP contribution is 2.21.